The number of hydrogen-bond donors (Lipinski definition) is 0. The van der Waals surface area contributed by atoms with E-state index in [1.54, 1.807) is 4.40 Å². The second kappa shape index (κ2) is 15.1. The molecule has 5 aromatic rings. The predicted molar refractivity (Wildman–Crippen MR) is 178 cm³/mol. The van der Waals surface area contributed by atoms with E-state index in [1.165, 1.54) is 16.7 Å². The molecule has 0 atom stereocenters. The smallest absolute Gasteiger partial charge is 3.00 e. The van der Waals surface area contributed by atoms with Gasteiger partial charge in [-0.05, 0) is 11.0 Å². The molecule has 0 saturated heterocycles. The van der Waals surface area contributed by atoms with Gasteiger partial charge in [0.25, 0.3) is 0 Å². The van der Waals surface area contributed by atoms with Crippen molar-refractivity contribution in [3.63, 3.8) is 0 Å². The zero-order valence-corrected chi connectivity index (χ0v) is 30.5. The fourth-order valence-corrected chi connectivity index (χ4v) is 8.41. The second-order valence-corrected chi connectivity index (χ2v) is 23.2. The maximum absolute atomic E-state index is 4.70. The first-order valence-electron chi connectivity index (χ1n) is 14.6. The fraction of sp³-hybridized carbons (Fsp3) is 0.256. The van der Waals surface area contributed by atoms with Crippen LogP contribution in [0.3, 0.4) is 0 Å². The summed E-state index contributed by atoms with van der Waals surface area (Å²) in [5.41, 5.74) is 8.40. The van der Waals surface area contributed by atoms with Crippen LogP contribution >= 0.6 is 0 Å². The molecule has 0 spiro atoms. The van der Waals surface area contributed by atoms with E-state index >= 15 is 0 Å². The van der Waals surface area contributed by atoms with Crippen LogP contribution in [0.15, 0.2) is 109 Å². The van der Waals surface area contributed by atoms with E-state index in [0.717, 1.165) is 28.8 Å². The van der Waals surface area contributed by atoms with Gasteiger partial charge in [0.1, 0.15) is 0 Å². The summed E-state index contributed by atoms with van der Waals surface area (Å²) in [7, 11) is 0. The Kier molecular flexibility index (Phi) is 12.1. The molecule has 0 N–H and O–H groups in total. The monoisotopic (exact) mass is 791 g/mol. The molecular weight excluding hydrogens is 747 g/mol. The molecule has 0 unspecified atom stereocenters. The first-order valence-corrected chi connectivity index (χ1v) is 21.9. The van der Waals surface area contributed by atoms with E-state index in [0.29, 0.717) is 5.92 Å². The molecule has 216 valence electrons. The van der Waals surface area contributed by atoms with Gasteiger partial charge >= 0.3 is 146 Å². The quantitative estimate of drug-likeness (QED) is 0.118. The van der Waals surface area contributed by atoms with E-state index in [-0.39, 0.29) is 25.5 Å². The molecule has 0 bridgehead atoms. The minimum Gasteiger partial charge on any atom is 3.00 e. The summed E-state index contributed by atoms with van der Waals surface area (Å²) in [5, 5.41) is 0. The van der Waals surface area contributed by atoms with E-state index in [9.17, 15) is 0 Å². The average molecular weight is 790 g/mol. The van der Waals surface area contributed by atoms with Gasteiger partial charge in [-0.15, -0.1) is 17.7 Å². The van der Waals surface area contributed by atoms with Crippen molar-refractivity contribution in [2.75, 3.05) is 0 Å². The van der Waals surface area contributed by atoms with Crippen LogP contribution in [0.2, 0.25) is 17.3 Å². The molecule has 5 rings (SSSR count). The number of aromatic nitrogens is 1. The van der Waals surface area contributed by atoms with Crippen molar-refractivity contribution in [2.45, 2.75) is 56.8 Å². The molecule has 42 heavy (non-hydrogen) atoms. The molecule has 4 aromatic carbocycles. The van der Waals surface area contributed by atoms with Crippen molar-refractivity contribution in [3.8, 4) is 22.4 Å². The van der Waals surface area contributed by atoms with Gasteiger partial charge < -0.3 is 0 Å². The zero-order chi connectivity index (χ0) is 29.5. The summed E-state index contributed by atoms with van der Waals surface area (Å²) in [6.45, 7) is 9.09. The van der Waals surface area contributed by atoms with Crippen LogP contribution in [0.25, 0.3) is 22.4 Å². The predicted octanol–water partition coefficient (Wildman–Crippen LogP) is 9.57. The van der Waals surface area contributed by atoms with Crippen molar-refractivity contribution in [1.82, 2.24) is 4.98 Å². The van der Waals surface area contributed by atoms with E-state index < -0.39 is 13.3 Å². The SMILES string of the molecule is CC(C)(c1ccccc1)c1cc[c-]c(-c2[c-]cccc2)c1.CC(C)Cc1cc(-c2[c-]cccc2)nc[c]1[Ge]([CH3])([CH3])[CH3].[Ir+3]. The van der Waals surface area contributed by atoms with Crippen LogP contribution < -0.4 is 4.40 Å². The molecule has 0 aliphatic heterocycles. The molecule has 1 nitrogen and oxygen atoms in total. The van der Waals surface area contributed by atoms with Gasteiger partial charge in [-0.3, -0.25) is 0 Å². The zero-order valence-electron chi connectivity index (χ0n) is 26.0. The third-order valence-electron chi connectivity index (χ3n) is 7.43. The Morgan fingerprint density at radius 2 is 1.29 bits per heavy atom. The Labute approximate surface area is 270 Å². The third-order valence-corrected chi connectivity index (χ3v) is 11.8. The van der Waals surface area contributed by atoms with E-state index in [1.807, 2.05) is 42.5 Å². The molecule has 3 heteroatoms. The Balaban J connectivity index is 0.000000225. The van der Waals surface area contributed by atoms with Crippen LogP contribution in [0.1, 0.15) is 44.4 Å². The van der Waals surface area contributed by atoms with Gasteiger partial charge in [0.2, 0.25) is 0 Å². The van der Waals surface area contributed by atoms with Crippen LogP contribution in [0.5, 0.6) is 0 Å². The van der Waals surface area contributed by atoms with Crippen LogP contribution in [-0.2, 0) is 31.9 Å². The van der Waals surface area contributed by atoms with E-state index in [4.69, 9.17) is 4.98 Å². The third kappa shape index (κ3) is 8.87. The van der Waals surface area contributed by atoms with Crippen molar-refractivity contribution < 1.29 is 20.1 Å². The summed E-state index contributed by atoms with van der Waals surface area (Å²) in [5.74, 6) is 7.99. The van der Waals surface area contributed by atoms with Gasteiger partial charge in [-0.25, -0.2) is 11.1 Å². The number of nitrogens with zero attached hydrogens (tertiary/aromatic N) is 1. The maximum atomic E-state index is 4.70. The summed E-state index contributed by atoms with van der Waals surface area (Å²) in [6, 6.07) is 45.3. The number of benzene rings is 4. The van der Waals surface area contributed by atoms with Crippen LogP contribution in [-0.4, -0.2) is 18.3 Å². The van der Waals surface area contributed by atoms with Crippen molar-refractivity contribution in [3.05, 3.63) is 144 Å². The first kappa shape index (κ1) is 33.7. The molecule has 0 fully saturated rings. The number of hydrogen-bond acceptors (Lipinski definition) is 1. The normalized spacial score (nSPS) is 11.3. The average Bonchev–Trinajstić information content (AvgIpc) is 2.98. The van der Waals surface area contributed by atoms with Gasteiger partial charge in [-0.2, -0.15) is 42.5 Å². The number of pyridine rings is 1. The molecule has 1 aromatic heterocycles. The van der Waals surface area contributed by atoms with Gasteiger partial charge in [0, 0.05) is 0 Å². The summed E-state index contributed by atoms with van der Waals surface area (Å²) >= 11 is -1.86. The van der Waals surface area contributed by atoms with Gasteiger partial charge in [0.05, 0.1) is 0 Å². The second-order valence-electron chi connectivity index (χ2n) is 12.6. The molecule has 1 heterocycles. The minimum absolute atomic E-state index is 0. The standard InChI is InChI=1S/C21H18.C18H24GeN.Ir/c1-21(2,19-13-7-4-8-14-19)20-15-9-12-18(16-20)17-10-5-3-6-11-17;1-14(2)11-16-12-18(15-9-7-6-8-10-15)20-13-17(16)19(3,4)5;/h3-10,13-16H,1-2H3;6-9,12-14H,11H2,1-5H3;/q-2;-1;+3. The molecule has 0 amide bonds. The molecule has 0 aliphatic carbocycles. The van der Waals surface area contributed by atoms with Crippen LogP contribution in [0.4, 0.5) is 0 Å². The van der Waals surface area contributed by atoms with Crippen LogP contribution in [0, 0.1) is 24.1 Å². The van der Waals surface area contributed by atoms with Gasteiger partial charge in [-0.1, -0.05) is 44.2 Å². The Morgan fingerprint density at radius 1 is 0.690 bits per heavy atom. The Hall–Kier alpha value is -2.78. The summed E-state index contributed by atoms with van der Waals surface area (Å²) < 4.78 is 1.54. The maximum Gasteiger partial charge on any atom is 3.00 e. The molecular formula is C39H42GeIrN. The van der Waals surface area contributed by atoms with Crippen molar-refractivity contribution in [1.29, 1.82) is 0 Å². The molecule has 0 saturated carbocycles. The number of rotatable bonds is 7. The molecule has 0 aliphatic rings. The molecule has 0 radical (unpaired) electrons. The van der Waals surface area contributed by atoms with Crippen molar-refractivity contribution >= 4 is 17.7 Å². The Morgan fingerprint density at radius 3 is 1.86 bits per heavy atom. The largest absolute Gasteiger partial charge is 3.00 e. The first-order chi connectivity index (χ1) is 19.6. The van der Waals surface area contributed by atoms with Crippen molar-refractivity contribution in [2.24, 2.45) is 5.92 Å². The topological polar surface area (TPSA) is 12.9 Å². The summed E-state index contributed by atoms with van der Waals surface area (Å²) in [6.07, 6.45) is 3.27. The van der Waals surface area contributed by atoms with Gasteiger partial charge in [0.15, 0.2) is 0 Å². The fourth-order valence-electron chi connectivity index (χ4n) is 5.07. The Bertz CT molecular complexity index is 1520. The minimum atomic E-state index is -1.86. The van der Waals surface area contributed by atoms with E-state index in [2.05, 4.69) is 130 Å². The summed E-state index contributed by atoms with van der Waals surface area (Å²) in [4.78, 5) is 4.70.